The summed E-state index contributed by atoms with van der Waals surface area (Å²) in [5.74, 6) is 6.46. The van der Waals surface area contributed by atoms with Gasteiger partial charge in [0.25, 0.3) is 20.1 Å². The Kier molecular flexibility index (Phi) is 15.9. The van der Waals surface area contributed by atoms with E-state index in [9.17, 15) is 0 Å². The van der Waals surface area contributed by atoms with E-state index in [1.165, 1.54) is 67.7 Å². The number of para-hydroxylation sites is 4. The van der Waals surface area contributed by atoms with E-state index in [2.05, 4.69) is 424 Å². The molecule has 0 N–H and O–H groups in total. The third kappa shape index (κ3) is 10.3. The average Bonchev–Trinajstić information content (AvgIpc) is 0.677. The summed E-state index contributed by atoms with van der Waals surface area (Å²) in [4.78, 5) is 8.78. The van der Waals surface area contributed by atoms with E-state index >= 15 is 0 Å². The molecular formula is C104H72B3N2O4SSi2+. The van der Waals surface area contributed by atoms with Crippen LogP contribution in [0.4, 0.5) is 34.1 Å². The fourth-order valence-corrected chi connectivity index (χ4v) is 31.9. The molecule has 0 fully saturated rings. The van der Waals surface area contributed by atoms with Gasteiger partial charge in [0, 0.05) is 69.3 Å². The van der Waals surface area contributed by atoms with E-state index in [1.807, 2.05) is 0 Å². The molecule has 0 saturated carbocycles. The third-order valence-corrected chi connectivity index (χ3v) is 36.8. The molecular weight excluding hydrogens is 1460 g/mol. The summed E-state index contributed by atoms with van der Waals surface area (Å²) in [5, 5.41) is 10.1. The molecule has 0 aromatic heterocycles. The number of nitrogens with zero attached hydrogens (tertiary/aromatic N) is 2. The maximum atomic E-state index is 8.01. The highest BCUT2D eigenvalue weighted by Crippen LogP contribution is 2.49. The Morgan fingerprint density at radius 3 is 0.862 bits per heavy atom. The first-order chi connectivity index (χ1) is 57.4. The van der Waals surface area contributed by atoms with Gasteiger partial charge < -0.3 is 28.7 Å². The molecule has 6 heterocycles. The van der Waals surface area contributed by atoms with Gasteiger partial charge in [-0.3, -0.25) is 0 Å². The molecule has 17 aromatic carbocycles. The number of hydrogen-bond donors (Lipinski definition) is 0. The van der Waals surface area contributed by atoms with Gasteiger partial charge in [0.05, 0.1) is 10.9 Å². The van der Waals surface area contributed by atoms with Crippen molar-refractivity contribution in [1.82, 2.24) is 0 Å². The van der Waals surface area contributed by atoms with Crippen LogP contribution in [0.15, 0.2) is 415 Å². The maximum absolute atomic E-state index is 8.01. The van der Waals surface area contributed by atoms with E-state index in [0.717, 1.165) is 129 Å². The van der Waals surface area contributed by atoms with E-state index in [4.69, 9.17) is 18.9 Å². The minimum absolute atomic E-state index is 0.262. The topological polar surface area (TPSA) is 43.4 Å². The van der Waals surface area contributed by atoms with Crippen LogP contribution in [0.2, 0.25) is 0 Å². The summed E-state index contributed by atoms with van der Waals surface area (Å²) in [6, 6.07) is 149. The Hall–Kier alpha value is -13.5. The fraction of sp³-hybridized carbons (Fsp3) is 0.0192. The number of ether oxygens (including phenoxy) is 4. The van der Waals surface area contributed by atoms with Crippen molar-refractivity contribution in [3.05, 3.63) is 412 Å². The monoisotopic (exact) mass is 1530 g/mol. The lowest BCUT2D eigenvalue weighted by Gasteiger charge is -2.47. The van der Waals surface area contributed by atoms with Crippen molar-refractivity contribution >= 4 is 172 Å². The fourth-order valence-electron chi connectivity index (χ4n) is 20.2. The van der Waals surface area contributed by atoms with E-state index in [0.29, 0.717) is 0 Å². The Morgan fingerprint density at radius 1 is 0.207 bits per heavy atom. The molecule has 0 spiro atoms. The van der Waals surface area contributed by atoms with Crippen LogP contribution < -0.4 is 119 Å². The Bertz CT molecular complexity index is 6570. The first kappa shape index (κ1) is 68.1. The minimum atomic E-state index is -3.38. The quantitative estimate of drug-likeness (QED) is 0.0651. The zero-order valence-electron chi connectivity index (χ0n) is 63.8. The Morgan fingerprint density at radius 2 is 0.500 bits per heavy atom. The Labute approximate surface area is 681 Å². The van der Waals surface area contributed by atoms with Gasteiger partial charge in [-0.2, -0.15) is 0 Å². The third-order valence-electron chi connectivity index (χ3n) is 25.1. The summed E-state index contributed by atoms with van der Waals surface area (Å²) in [6.45, 7) is 3.62. The lowest BCUT2D eigenvalue weighted by atomic mass is 9.29. The summed E-state index contributed by atoms with van der Waals surface area (Å²) >= 11 is 0. The summed E-state index contributed by atoms with van der Waals surface area (Å²) < 4.78 is 30.6. The van der Waals surface area contributed by atoms with Crippen molar-refractivity contribution < 1.29 is 18.9 Å². The first-order valence-electron chi connectivity index (χ1n) is 40.1. The van der Waals surface area contributed by atoms with Crippen LogP contribution in [-0.4, -0.2) is 36.3 Å². The van der Waals surface area contributed by atoms with Gasteiger partial charge in [0.2, 0.25) is 0 Å². The lowest BCUT2D eigenvalue weighted by molar-refractivity contribution is 0.462. The molecule has 0 bridgehead atoms. The molecule has 17 aromatic rings. The highest BCUT2D eigenvalue weighted by molar-refractivity contribution is 7.97. The van der Waals surface area contributed by atoms with Crippen LogP contribution in [0.5, 0.6) is 46.0 Å². The van der Waals surface area contributed by atoms with Gasteiger partial charge in [-0.15, -0.1) is 0 Å². The highest BCUT2D eigenvalue weighted by Gasteiger charge is 2.53. The van der Waals surface area contributed by atoms with Crippen molar-refractivity contribution in [1.29, 1.82) is 0 Å². The molecule has 23 rings (SSSR count). The van der Waals surface area contributed by atoms with Gasteiger partial charge in [0.15, 0.2) is 30.8 Å². The van der Waals surface area contributed by atoms with Crippen LogP contribution in [0.3, 0.4) is 0 Å². The summed E-state index contributed by atoms with van der Waals surface area (Å²) in [6.07, 6.45) is 0. The smallest absolute Gasteiger partial charge is 0.260 e. The second-order valence-corrected chi connectivity index (χ2v) is 40.8. The molecule has 116 heavy (non-hydrogen) atoms. The van der Waals surface area contributed by atoms with Gasteiger partial charge in [-0.25, -0.2) is 0 Å². The molecule has 0 saturated heterocycles. The molecule has 6 aliphatic rings. The highest BCUT2D eigenvalue weighted by atomic mass is 32.2. The molecule has 0 atom stereocenters. The average molecular weight is 1530 g/mol. The number of hydrogen-bond acceptors (Lipinski definition) is 6. The second-order valence-electron chi connectivity index (χ2n) is 31.2. The van der Waals surface area contributed by atoms with Crippen molar-refractivity contribution in [3.63, 3.8) is 0 Å². The predicted molar refractivity (Wildman–Crippen MR) is 488 cm³/mol. The number of anilines is 6. The predicted octanol–water partition coefficient (Wildman–Crippen LogP) is 13.7. The zero-order chi connectivity index (χ0) is 76.7. The van der Waals surface area contributed by atoms with Gasteiger partial charge in [0.1, 0.15) is 46.0 Å². The molecule has 0 amide bonds. The van der Waals surface area contributed by atoms with E-state index in [1.54, 1.807) is 0 Å². The van der Waals surface area contributed by atoms with Crippen molar-refractivity contribution in [2.75, 3.05) is 9.80 Å². The maximum Gasteiger partial charge on any atom is 0.260 e. The van der Waals surface area contributed by atoms with Crippen molar-refractivity contribution in [2.45, 2.75) is 28.5 Å². The van der Waals surface area contributed by atoms with Gasteiger partial charge in [-0.1, -0.05) is 303 Å². The normalized spacial score (nSPS) is 13.4. The number of fused-ring (bicyclic) bond motifs is 12. The Balaban J connectivity index is 0.831. The molecule has 0 aliphatic carbocycles. The second kappa shape index (κ2) is 27.1. The number of rotatable bonds is 13. The lowest BCUT2D eigenvalue weighted by Crippen LogP contribution is -2.75. The first-order valence-corrected chi connectivity index (χ1v) is 45.3. The summed E-state index contributed by atoms with van der Waals surface area (Å²) in [5.41, 5.74) is 18.7. The minimum Gasteiger partial charge on any atom is -0.458 e. The van der Waals surface area contributed by atoms with Crippen LogP contribution >= 0.6 is 0 Å². The standard InChI is InChI=1S/C104H72B3N2O4SSi2/c1-69-35-27-31-55-88(69)108-90-67-96-86(105-82-53-29-33-57-94(82)110-98-59-73(60-99(112-96)103(98)105)114(71-37-11-3-12-38-71)72-39-13-4-14-40-72)65-84(90)107-85-66-87-97(113-101-64-81(63-100-104(101)106(87)83-54-30-34-58-95(83)111-100)116(77-47-21-8-22-48-77,78-49-23-9-24-50-78)79-51-25-10-26-52-79)68-91(85)109(89-56-32-28-36-70(89)2)93-62-80(61-92(108)102(93)107)115(74-41-15-5-16-42-74,75-43-17-6-18-44-75)76-45-19-7-20-46-76/h3-68H,1-2H3/q+1. The molecule has 12 heteroatoms. The number of aryl methyl sites for hydroxylation is 2. The summed E-state index contributed by atoms with van der Waals surface area (Å²) in [7, 11) is -7.06. The largest absolute Gasteiger partial charge is 0.458 e. The molecule has 544 valence electrons. The number of benzene rings is 17. The molecule has 0 radical (unpaired) electrons. The van der Waals surface area contributed by atoms with Crippen LogP contribution in [0.1, 0.15) is 11.1 Å². The molecule has 6 aliphatic heterocycles. The van der Waals surface area contributed by atoms with E-state index < -0.39 is 27.0 Å². The molecule has 6 nitrogen and oxygen atoms in total. The van der Waals surface area contributed by atoms with Crippen LogP contribution in [0, 0.1) is 13.8 Å². The SMILES string of the molecule is Cc1ccccc1N1c2cc3c(cc2B2c4cc5c(cc4N(c4ccccc4C)c4cc([Si](c6ccccc6)(c6ccccc6)c6ccccc6)cc1c42)Oc1cc([Si](c2ccccc2)(c2ccccc2)c2ccccc2)cc2c1B5c1ccccc1O2)B1c2ccccc2Oc2cc([S+](c4ccccc4)c4ccccc4)cc(c21)O3. The van der Waals surface area contributed by atoms with Gasteiger partial charge >= 0.3 is 0 Å². The van der Waals surface area contributed by atoms with E-state index in [-0.39, 0.29) is 20.1 Å². The van der Waals surface area contributed by atoms with Crippen LogP contribution in [-0.2, 0) is 10.9 Å². The van der Waals surface area contributed by atoms with Gasteiger partial charge in [-0.05, 0) is 178 Å². The van der Waals surface area contributed by atoms with Crippen molar-refractivity contribution in [3.8, 4) is 46.0 Å². The van der Waals surface area contributed by atoms with Crippen molar-refractivity contribution in [2.24, 2.45) is 0 Å². The van der Waals surface area contributed by atoms with Crippen LogP contribution in [0.25, 0.3) is 0 Å². The zero-order valence-corrected chi connectivity index (χ0v) is 66.6. The molecule has 0 unspecified atom stereocenters.